The summed E-state index contributed by atoms with van der Waals surface area (Å²) in [6.07, 6.45) is 9.89. The van der Waals surface area contributed by atoms with Gasteiger partial charge in [-0.15, -0.1) is 0 Å². The average Bonchev–Trinajstić information content (AvgIpc) is 2.53. The van der Waals surface area contributed by atoms with Crippen LogP contribution in [0.25, 0.3) is 0 Å². The molecule has 0 saturated heterocycles. The van der Waals surface area contributed by atoms with Gasteiger partial charge in [0.1, 0.15) is 0 Å². The number of carbonyl (C=O) groups excluding carboxylic acids is 1. The van der Waals surface area contributed by atoms with Gasteiger partial charge in [-0.1, -0.05) is 18.3 Å². The van der Waals surface area contributed by atoms with E-state index in [0.29, 0.717) is 17.4 Å². The second kappa shape index (κ2) is 8.06. The number of aromatic nitrogens is 1. The number of nitrogens with two attached hydrogens (primary N) is 1. The van der Waals surface area contributed by atoms with Gasteiger partial charge in [0.2, 0.25) is 0 Å². The smallest absolute Gasteiger partial charge is 0.253 e. The number of nitrogens with zero attached hydrogens (tertiary/aromatic N) is 1. The molecule has 1 heterocycles. The summed E-state index contributed by atoms with van der Waals surface area (Å²) in [6.45, 7) is 0.300. The van der Waals surface area contributed by atoms with Crippen molar-refractivity contribution in [2.45, 2.75) is 37.0 Å². The molecule has 2 rings (SSSR count). The lowest BCUT2D eigenvalue weighted by Crippen LogP contribution is -2.39. The molecule has 0 aliphatic heterocycles. The van der Waals surface area contributed by atoms with Crippen LogP contribution in [0.3, 0.4) is 0 Å². The van der Waals surface area contributed by atoms with Crippen molar-refractivity contribution in [2.24, 2.45) is 5.73 Å². The van der Waals surface area contributed by atoms with E-state index in [1.165, 1.54) is 12.8 Å². The molecule has 3 N–H and O–H groups in total. The number of rotatable bonds is 3. The molecule has 0 spiro atoms. The summed E-state index contributed by atoms with van der Waals surface area (Å²) in [6, 6.07) is 2.03. The van der Waals surface area contributed by atoms with Gasteiger partial charge in [0.25, 0.3) is 5.91 Å². The maximum atomic E-state index is 12.3. The second-order valence-electron chi connectivity index (χ2n) is 5.16. The molecule has 1 saturated carbocycles. The average molecular weight is 303 g/mol. The van der Waals surface area contributed by atoms with Gasteiger partial charge < -0.3 is 11.1 Å². The Bertz CT molecular complexity index is 550. The van der Waals surface area contributed by atoms with Gasteiger partial charge in [0.05, 0.1) is 12.1 Å². The first-order chi connectivity index (χ1) is 10.2. The van der Waals surface area contributed by atoms with Crippen molar-refractivity contribution in [3.05, 3.63) is 29.6 Å². The predicted molar refractivity (Wildman–Crippen MR) is 87.2 cm³/mol. The Morgan fingerprint density at radius 3 is 3.14 bits per heavy atom. The molecule has 2 atom stereocenters. The van der Waals surface area contributed by atoms with Crippen molar-refractivity contribution < 1.29 is 4.79 Å². The van der Waals surface area contributed by atoms with Gasteiger partial charge in [-0.2, -0.15) is 11.8 Å². The highest BCUT2D eigenvalue weighted by Crippen LogP contribution is 2.27. The van der Waals surface area contributed by atoms with Crippen molar-refractivity contribution in [1.82, 2.24) is 10.3 Å². The molecule has 1 amide bonds. The van der Waals surface area contributed by atoms with E-state index in [0.717, 1.165) is 18.4 Å². The number of hydrogen-bond acceptors (Lipinski definition) is 4. The van der Waals surface area contributed by atoms with Gasteiger partial charge in [-0.25, -0.2) is 0 Å². The second-order valence-corrected chi connectivity index (χ2v) is 6.30. The van der Waals surface area contributed by atoms with Crippen LogP contribution in [0.2, 0.25) is 0 Å². The molecule has 1 aromatic rings. The third-order valence-corrected chi connectivity index (χ3v) is 4.72. The van der Waals surface area contributed by atoms with E-state index in [4.69, 9.17) is 5.73 Å². The van der Waals surface area contributed by atoms with Crippen LogP contribution in [0.15, 0.2) is 18.5 Å². The predicted octanol–water partition coefficient (Wildman–Crippen LogP) is 1.80. The Hall–Kier alpha value is -1.51. The quantitative estimate of drug-likeness (QED) is 0.836. The normalized spacial score (nSPS) is 21.2. The van der Waals surface area contributed by atoms with Gasteiger partial charge in [0, 0.05) is 29.2 Å². The van der Waals surface area contributed by atoms with Gasteiger partial charge in [-0.05, 0) is 31.6 Å². The lowest BCUT2D eigenvalue weighted by atomic mass is 9.94. The van der Waals surface area contributed by atoms with Crippen molar-refractivity contribution in [3.63, 3.8) is 0 Å². The summed E-state index contributed by atoms with van der Waals surface area (Å²) in [5.41, 5.74) is 6.63. The molecule has 4 nitrogen and oxygen atoms in total. The van der Waals surface area contributed by atoms with E-state index in [9.17, 15) is 4.79 Å². The topological polar surface area (TPSA) is 68.0 Å². The molecular weight excluding hydrogens is 282 g/mol. The van der Waals surface area contributed by atoms with Crippen LogP contribution in [0.1, 0.15) is 41.6 Å². The van der Waals surface area contributed by atoms with Gasteiger partial charge >= 0.3 is 0 Å². The van der Waals surface area contributed by atoms with Crippen molar-refractivity contribution in [1.29, 1.82) is 0 Å². The zero-order chi connectivity index (χ0) is 15.1. The van der Waals surface area contributed by atoms with Crippen LogP contribution in [0.5, 0.6) is 0 Å². The van der Waals surface area contributed by atoms with E-state index in [-0.39, 0.29) is 11.9 Å². The summed E-state index contributed by atoms with van der Waals surface area (Å²) in [7, 11) is 0. The Kier molecular flexibility index (Phi) is 6.09. The number of thioether (sulfide) groups is 1. The molecular formula is C16H21N3OS. The highest BCUT2D eigenvalue weighted by molar-refractivity contribution is 7.99. The zero-order valence-corrected chi connectivity index (χ0v) is 13.1. The van der Waals surface area contributed by atoms with Crippen LogP contribution in [-0.2, 0) is 0 Å². The van der Waals surface area contributed by atoms with Crippen molar-refractivity contribution in [2.75, 3.05) is 12.8 Å². The van der Waals surface area contributed by atoms with Crippen LogP contribution in [-0.4, -0.2) is 35.0 Å². The van der Waals surface area contributed by atoms with Gasteiger partial charge in [-0.3, -0.25) is 9.78 Å². The molecule has 2 unspecified atom stereocenters. The summed E-state index contributed by atoms with van der Waals surface area (Å²) in [5.74, 6) is 5.60. The SMILES string of the molecule is CSC1CCCC(NC(=O)c2cncc(C#CCN)c2)C1. The minimum Gasteiger partial charge on any atom is -0.349 e. The van der Waals surface area contributed by atoms with E-state index in [2.05, 4.69) is 28.4 Å². The Morgan fingerprint density at radius 1 is 1.52 bits per heavy atom. The summed E-state index contributed by atoms with van der Waals surface area (Å²) in [5, 5.41) is 3.77. The molecule has 0 bridgehead atoms. The fourth-order valence-corrected chi connectivity index (χ4v) is 3.37. The number of carbonyl (C=O) groups is 1. The summed E-state index contributed by atoms with van der Waals surface area (Å²) < 4.78 is 0. The molecule has 0 radical (unpaired) electrons. The number of amides is 1. The maximum Gasteiger partial charge on any atom is 0.253 e. The van der Waals surface area contributed by atoms with E-state index in [1.54, 1.807) is 18.5 Å². The molecule has 1 aliphatic rings. The standard InChI is InChI=1S/C16H21N3OS/c1-21-15-6-2-5-14(9-15)19-16(20)13-8-12(4-3-7-17)10-18-11-13/h8,10-11,14-15H,2,5-7,9,17H2,1H3,(H,19,20). The Balaban J connectivity index is 1.99. The summed E-state index contributed by atoms with van der Waals surface area (Å²) in [4.78, 5) is 16.4. The minimum atomic E-state index is -0.0642. The third kappa shape index (κ3) is 4.76. The third-order valence-electron chi connectivity index (χ3n) is 3.63. The molecule has 0 aromatic carbocycles. The maximum absolute atomic E-state index is 12.3. The fourth-order valence-electron chi connectivity index (χ4n) is 2.54. The first kappa shape index (κ1) is 15.9. The highest BCUT2D eigenvalue weighted by Gasteiger charge is 2.23. The van der Waals surface area contributed by atoms with Gasteiger partial charge in [0.15, 0.2) is 0 Å². The number of nitrogens with one attached hydrogen (secondary N) is 1. The molecule has 21 heavy (non-hydrogen) atoms. The van der Waals surface area contributed by atoms with Crippen LogP contribution >= 0.6 is 11.8 Å². The zero-order valence-electron chi connectivity index (χ0n) is 12.3. The van der Waals surface area contributed by atoms with Crippen molar-refractivity contribution >= 4 is 17.7 Å². The first-order valence-corrected chi connectivity index (χ1v) is 8.49. The molecule has 112 valence electrons. The monoisotopic (exact) mass is 303 g/mol. The molecule has 5 heteroatoms. The molecule has 1 fully saturated rings. The van der Waals surface area contributed by atoms with Crippen molar-refractivity contribution in [3.8, 4) is 11.8 Å². The van der Waals surface area contributed by atoms with E-state index in [1.807, 2.05) is 11.8 Å². The summed E-state index contributed by atoms with van der Waals surface area (Å²) >= 11 is 1.89. The number of pyridine rings is 1. The van der Waals surface area contributed by atoms with E-state index >= 15 is 0 Å². The largest absolute Gasteiger partial charge is 0.349 e. The fraction of sp³-hybridized carbons (Fsp3) is 0.500. The lowest BCUT2D eigenvalue weighted by Gasteiger charge is -2.28. The van der Waals surface area contributed by atoms with E-state index < -0.39 is 0 Å². The van der Waals surface area contributed by atoms with Crippen LogP contribution in [0.4, 0.5) is 0 Å². The minimum absolute atomic E-state index is 0.0642. The lowest BCUT2D eigenvalue weighted by molar-refractivity contribution is 0.0928. The van der Waals surface area contributed by atoms with Crippen LogP contribution in [0, 0.1) is 11.8 Å². The number of hydrogen-bond donors (Lipinski definition) is 2. The Morgan fingerprint density at radius 2 is 2.38 bits per heavy atom. The van der Waals surface area contributed by atoms with Crippen LogP contribution < -0.4 is 11.1 Å². The highest BCUT2D eigenvalue weighted by atomic mass is 32.2. The molecule has 1 aliphatic carbocycles. The molecule has 1 aromatic heterocycles. The Labute approximate surface area is 130 Å². The first-order valence-electron chi connectivity index (χ1n) is 7.20.